The fourth-order valence-corrected chi connectivity index (χ4v) is 3.73. The summed E-state index contributed by atoms with van der Waals surface area (Å²) in [6.45, 7) is -0.261. The predicted molar refractivity (Wildman–Crippen MR) is 141 cm³/mol. The minimum Gasteiger partial charge on any atom is -0.484 e. The molecule has 0 unspecified atom stereocenters. The second-order valence-corrected chi connectivity index (χ2v) is 8.10. The largest absolute Gasteiger partial charge is 0.484 e. The third kappa shape index (κ3) is 5.59. The Morgan fingerprint density at radius 1 is 0.946 bits per heavy atom. The third-order valence-electron chi connectivity index (χ3n) is 5.44. The molecule has 1 N–H and O–H groups in total. The van der Waals surface area contributed by atoms with Gasteiger partial charge < -0.3 is 10.1 Å². The fraction of sp³-hybridized carbons (Fsp3) is 0.0345. The molecule has 1 heterocycles. The zero-order valence-corrected chi connectivity index (χ0v) is 19.5. The van der Waals surface area contributed by atoms with E-state index in [2.05, 4.69) is 15.4 Å². The van der Waals surface area contributed by atoms with Gasteiger partial charge in [-0.25, -0.2) is 9.37 Å². The molecule has 0 bridgehead atoms. The highest BCUT2D eigenvalue weighted by Gasteiger charge is 2.12. The molecule has 0 spiro atoms. The number of anilines is 1. The molecule has 4 aromatic carbocycles. The maximum absolute atomic E-state index is 13.3. The Morgan fingerprint density at radius 3 is 2.57 bits per heavy atom. The van der Waals surface area contributed by atoms with Crippen LogP contribution in [0, 0.1) is 5.82 Å². The molecule has 7 nitrogen and oxygen atoms in total. The van der Waals surface area contributed by atoms with Crippen LogP contribution >= 0.6 is 0 Å². The van der Waals surface area contributed by atoms with Crippen LogP contribution in [0.3, 0.4) is 0 Å². The van der Waals surface area contributed by atoms with Crippen molar-refractivity contribution in [3.63, 3.8) is 0 Å². The van der Waals surface area contributed by atoms with Crippen LogP contribution in [0.15, 0.2) is 113 Å². The van der Waals surface area contributed by atoms with Crippen molar-refractivity contribution < 1.29 is 13.9 Å². The number of ether oxygens (including phenoxy) is 1. The molecule has 0 saturated heterocycles. The van der Waals surface area contributed by atoms with Gasteiger partial charge >= 0.3 is 0 Å². The molecule has 1 aromatic heterocycles. The molecule has 5 aromatic rings. The first kappa shape index (κ1) is 23.6. The summed E-state index contributed by atoms with van der Waals surface area (Å²) >= 11 is 0. The van der Waals surface area contributed by atoms with E-state index in [1.807, 2.05) is 36.4 Å². The van der Waals surface area contributed by atoms with Gasteiger partial charge in [0.25, 0.3) is 11.5 Å². The Bertz CT molecular complexity index is 1670. The van der Waals surface area contributed by atoms with Gasteiger partial charge in [0.15, 0.2) is 12.4 Å². The second kappa shape index (κ2) is 10.7. The van der Waals surface area contributed by atoms with Gasteiger partial charge in [0.1, 0.15) is 11.6 Å². The molecular formula is C29H21FN4O3. The van der Waals surface area contributed by atoms with Crippen LogP contribution in [-0.2, 0) is 4.79 Å². The van der Waals surface area contributed by atoms with Gasteiger partial charge in [-0.05, 0) is 48.0 Å². The minimum atomic E-state index is -0.443. The van der Waals surface area contributed by atoms with E-state index >= 15 is 0 Å². The van der Waals surface area contributed by atoms with Crippen molar-refractivity contribution in [2.45, 2.75) is 0 Å². The quantitative estimate of drug-likeness (QED) is 0.320. The van der Waals surface area contributed by atoms with E-state index < -0.39 is 11.7 Å². The smallest absolute Gasteiger partial charge is 0.282 e. The molecule has 182 valence electrons. The summed E-state index contributed by atoms with van der Waals surface area (Å²) in [6.07, 6.45) is 1.53. The summed E-state index contributed by atoms with van der Waals surface area (Å²) in [7, 11) is 0. The molecule has 0 fully saturated rings. The number of hydrogen-bond acceptors (Lipinski definition) is 5. The number of benzene rings is 4. The van der Waals surface area contributed by atoms with E-state index in [4.69, 9.17) is 4.74 Å². The first-order valence-corrected chi connectivity index (χ1v) is 11.5. The van der Waals surface area contributed by atoms with Gasteiger partial charge in [-0.15, -0.1) is 0 Å². The topological polar surface area (TPSA) is 85.6 Å². The lowest BCUT2D eigenvalue weighted by Gasteiger charge is -2.10. The molecule has 5 rings (SSSR count). The molecule has 0 saturated carbocycles. The SMILES string of the molecule is O=C(COc1cccc(C=Nn2c(-c3ccccc3)nc3ccccc3c2=O)c1)Nc1cccc(F)c1. The van der Waals surface area contributed by atoms with Crippen molar-refractivity contribution >= 4 is 28.7 Å². The Labute approximate surface area is 211 Å². The van der Waals surface area contributed by atoms with Crippen molar-refractivity contribution in [2.24, 2.45) is 5.10 Å². The monoisotopic (exact) mass is 492 g/mol. The molecule has 0 atom stereocenters. The average molecular weight is 493 g/mol. The van der Waals surface area contributed by atoms with Gasteiger partial charge in [-0.2, -0.15) is 9.78 Å². The Kier molecular flexibility index (Phi) is 6.80. The van der Waals surface area contributed by atoms with E-state index in [0.29, 0.717) is 33.7 Å². The van der Waals surface area contributed by atoms with Crippen molar-refractivity contribution in [1.82, 2.24) is 9.66 Å². The number of fused-ring (bicyclic) bond motifs is 1. The Hall–Kier alpha value is -5.11. The first-order chi connectivity index (χ1) is 18.1. The summed E-state index contributed by atoms with van der Waals surface area (Å²) in [5.74, 6) is -0.0135. The Balaban J connectivity index is 1.38. The predicted octanol–water partition coefficient (Wildman–Crippen LogP) is 5.10. The number of carbonyl (C=O) groups is 1. The highest BCUT2D eigenvalue weighted by molar-refractivity contribution is 5.92. The van der Waals surface area contributed by atoms with Crippen LogP contribution in [0.25, 0.3) is 22.3 Å². The number of nitrogens with zero attached hydrogens (tertiary/aromatic N) is 3. The normalized spacial score (nSPS) is 11.1. The Morgan fingerprint density at radius 2 is 1.73 bits per heavy atom. The summed E-state index contributed by atoms with van der Waals surface area (Å²) in [5.41, 5.74) is 2.05. The van der Waals surface area contributed by atoms with Crippen molar-refractivity contribution in [3.05, 3.63) is 125 Å². The highest BCUT2D eigenvalue weighted by Crippen LogP contribution is 2.19. The third-order valence-corrected chi connectivity index (χ3v) is 5.44. The lowest BCUT2D eigenvalue weighted by molar-refractivity contribution is -0.118. The van der Waals surface area contributed by atoms with Gasteiger partial charge in [0.2, 0.25) is 0 Å². The maximum Gasteiger partial charge on any atom is 0.282 e. The lowest BCUT2D eigenvalue weighted by atomic mass is 10.2. The number of aromatic nitrogens is 2. The number of hydrogen-bond donors (Lipinski definition) is 1. The zero-order valence-electron chi connectivity index (χ0n) is 19.5. The summed E-state index contributed by atoms with van der Waals surface area (Å²) in [5, 5.41) is 7.49. The lowest BCUT2D eigenvalue weighted by Crippen LogP contribution is -2.20. The minimum absolute atomic E-state index is 0.261. The van der Waals surface area contributed by atoms with Crippen LogP contribution < -0.4 is 15.6 Å². The molecule has 0 aliphatic heterocycles. The number of rotatable bonds is 7. The maximum atomic E-state index is 13.3. The van der Waals surface area contributed by atoms with Crippen LogP contribution in [0.4, 0.5) is 10.1 Å². The van der Waals surface area contributed by atoms with E-state index in [9.17, 15) is 14.0 Å². The van der Waals surface area contributed by atoms with Crippen molar-refractivity contribution in [2.75, 3.05) is 11.9 Å². The van der Waals surface area contributed by atoms with Gasteiger partial charge in [-0.3, -0.25) is 9.59 Å². The van der Waals surface area contributed by atoms with Gasteiger partial charge in [0, 0.05) is 11.3 Å². The summed E-state index contributed by atoms with van der Waals surface area (Å²) < 4.78 is 20.2. The van der Waals surface area contributed by atoms with Crippen LogP contribution in [0.2, 0.25) is 0 Å². The van der Waals surface area contributed by atoms with E-state index in [1.165, 1.54) is 29.1 Å². The van der Waals surface area contributed by atoms with E-state index in [-0.39, 0.29) is 12.2 Å². The van der Waals surface area contributed by atoms with Crippen LogP contribution in [0.5, 0.6) is 5.75 Å². The van der Waals surface area contributed by atoms with Crippen molar-refractivity contribution in [1.29, 1.82) is 0 Å². The molecule has 37 heavy (non-hydrogen) atoms. The standard InChI is InChI=1S/C29H21FN4O3/c30-22-11-7-12-23(17-22)32-27(35)19-37-24-13-6-8-20(16-24)18-31-34-28(21-9-2-1-3-10-21)33-26-15-5-4-14-25(26)29(34)36/h1-18H,19H2,(H,32,35). The second-order valence-electron chi connectivity index (χ2n) is 8.10. The molecule has 0 aliphatic rings. The number of nitrogens with one attached hydrogen (secondary N) is 1. The molecule has 0 aliphatic carbocycles. The number of halogens is 1. The van der Waals surface area contributed by atoms with Crippen LogP contribution in [0.1, 0.15) is 5.56 Å². The average Bonchev–Trinajstić information content (AvgIpc) is 2.92. The highest BCUT2D eigenvalue weighted by atomic mass is 19.1. The number of amides is 1. The number of para-hydroxylation sites is 1. The summed E-state index contributed by atoms with van der Waals surface area (Å²) in [6, 6.07) is 29.1. The molecular weight excluding hydrogens is 471 g/mol. The fourth-order valence-electron chi connectivity index (χ4n) is 3.73. The number of carbonyl (C=O) groups excluding carboxylic acids is 1. The van der Waals surface area contributed by atoms with Crippen molar-refractivity contribution in [3.8, 4) is 17.1 Å². The van der Waals surface area contributed by atoms with Gasteiger partial charge in [0.05, 0.1) is 17.1 Å². The van der Waals surface area contributed by atoms with E-state index in [0.717, 1.165) is 5.56 Å². The molecule has 1 amide bonds. The zero-order chi connectivity index (χ0) is 25.6. The van der Waals surface area contributed by atoms with E-state index in [1.54, 1.807) is 48.5 Å². The molecule has 8 heteroatoms. The van der Waals surface area contributed by atoms with Crippen LogP contribution in [-0.4, -0.2) is 28.4 Å². The van der Waals surface area contributed by atoms with Gasteiger partial charge in [-0.1, -0.05) is 60.7 Å². The summed E-state index contributed by atoms with van der Waals surface area (Å²) in [4.78, 5) is 30.1. The first-order valence-electron chi connectivity index (χ1n) is 11.5. The molecule has 0 radical (unpaired) electrons.